The number of likely N-dealkylation sites (tertiary alicyclic amines) is 1. The van der Waals surface area contributed by atoms with E-state index in [0.717, 1.165) is 21.9 Å². The smallest absolute Gasteiger partial charge is 0.332 e. The number of hydrogen-bond donors (Lipinski definition) is 1. The highest BCUT2D eigenvalue weighted by Crippen LogP contribution is 2.41. The summed E-state index contributed by atoms with van der Waals surface area (Å²) in [5, 5.41) is 10.3. The first-order chi connectivity index (χ1) is 17.6. The Hall–Kier alpha value is -3.18. The number of barbiturate groups is 1. The molecule has 1 N–H and O–H groups in total. The van der Waals surface area contributed by atoms with E-state index in [1.165, 1.54) is 21.2 Å². The van der Waals surface area contributed by atoms with Crippen LogP contribution in [-0.2, 0) is 22.6 Å². The largest absolute Gasteiger partial charge is 0.503 e. The van der Waals surface area contributed by atoms with Gasteiger partial charge in [0.15, 0.2) is 11.5 Å². The molecule has 4 amide bonds. The van der Waals surface area contributed by atoms with Crippen molar-refractivity contribution >= 4 is 33.8 Å². The van der Waals surface area contributed by atoms with Crippen LogP contribution >= 0.6 is 15.9 Å². The monoisotopic (exact) mass is 572 g/mol. The van der Waals surface area contributed by atoms with Gasteiger partial charge >= 0.3 is 6.03 Å². The molecule has 5 rings (SSSR count). The number of halogens is 1. The second-order valence-corrected chi connectivity index (χ2v) is 11.1. The minimum atomic E-state index is -1.55. The van der Waals surface area contributed by atoms with E-state index in [9.17, 15) is 24.3 Å². The van der Waals surface area contributed by atoms with Crippen LogP contribution in [-0.4, -0.2) is 83.1 Å². The van der Waals surface area contributed by atoms with E-state index < -0.39 is 23.3 Å². The van der Waals surface area contributed by atoms with E-state index in [1.54, 1.807) is 24.3 Å². The molecule has 2 atom stereocenters. The summed E-state index contributed by atoms with van der Waals surface area (Å²) in [6, 6.07) is 7.91. The second-order valence-electron chi connectivity index (χ2n) is 10.3. The zero-order chi connectivity index (χ0) is 26.6. The summed E-state index contributed by atoms with van der Waals surface area (Å²) in [7, 11) is 4.21. The van der Waals surface area contributed by atoms with Crippen LogP contribution in [0.5, 0.6) is 11.5 Å². The van der Waals surface area contributed by atoms with Gasteiger partial charge < -0.3 is 19.3 Å². The molecule has 11 heteroatoms. The number of urea groups is 1. The first-order valence-electron chi connectivity index (χ1n) is 12.1. The number of phenolic OH excluding ortho intramolecular Hbond substituents is 1. The number of imide groups is 2. The van der Waals surface area contributed by atoms with Crippen molar-refractivity contribution in [2.75, 3.05) is 40.8 Å². The molecule has 2 bridgehead atoms. The molecule has 2 fully saturated rings. The molecular weight excluding hydrogens is 544 g/mol. The third-order valence-electron chi connectivity index (χ3n) is 7.86. The fraction of sp³-hybridized carbons (Fsp3) is 0.462. The van der Waals surface area contributed by atoms with E-state index in [-0.39, 0.29) is 41.9 Å². The highest BCUT2D eigenvalue weighted by atomic mass is 79.9. The summed E-state index contributed by atoms with van der Waals surface area (Å²) < 4.78 is 7.49. The van der Waals surface area contributed by atoms with Crippen molar-refractivity contribution in [1.82, 2.24) is 19.3 Å². The molecule has 0 unspecified atom stereocenters. The van der Waals surface area contributed by atoms with Gasteiger partial charge in [-0.15, -0.1) is 0 Å². The highest BCUT2D eigenvalue weighted by Gasteiger charge is 2.56. The van der Waals surface area contributed by atoms with Crippen molar-refractivity contribution < 1.29 is 24.2 Å². The number of carbonyl (C=O) groups excluding carboxylic acids is 3. The minimum Gasteiger partial charge on any atom is -0.503 e. The van der Waals surface area contributed by atoms with Gasteiger partial charge in [-0.05, 0) is 58.5 Å². The van der Waals surface area contributed by atoms with Crippen LogP contribution in [0.2, 0.25) is 0 Å². The first kappa shape index (κ1) is 25.5. The maximum absolute atomic E-state index is 13.8. The highest BCUT2D eigenvalue weighted by molar-refractivity contribution is 9.10. The lowest BCUT2D eigenvalue weighted by Gasteiger charge is -2.48. The number of benzene rings is 1. The molecule has 1 aromatic heterocycles. The Bertz CT molecular complexity index is 1330. The Morgan fingerprint density at radius 3 is 2.43 bits per heavy atom. The van der Waals surface area contributed by atoms with Crippen LogP contribution in [0.1, 0.15) is 23.6 Å². The maximum Gasteiger partial charge on any atom is 0.332 e. The number of nitrogens with zero attached hydrogens (tertiary/aromatic N) is 4. The fourth-order valence-corrected chi connectivity index (χ4v) is 6.70. The topological polar surface area (TPSA) is 112 Å². The summed E-state index contributed by atoms with van der Waals surface area (Å²) in [4.78, 5) is 56.7. The fourth-order valence-electron chi connectivity index (χ4n) is 6.21. The van der Waals surface area contributed by atoms with Crippen LogP contribution in [0, 0.1) is 11.3 Å². The summed E-state index contributed by atoms with van der Waals surface area (Å²) in [6.45, 7) is 1.94. The molecular formula is C26H29BrN4O6. The third kappa shape index (κ3) is 4.14. The van der Waals surface area contributed by atoms with Crippen molar-refractivity contribution in [3.63, 3.8) is 0 Å². The molecule has 0 radical (unpaired) electrons. The van der Waals surface area contributed by atoms with Crippen LogP contribution < -0.4 is 10.3 Å². The molecule has 2 aromatic rings. The van der Waals surface area contributed by atoms with E-state index in [0.29, 0.717) is 29.7 Å². The predicted octanol–water partition coefficient (Wildman–Crippen LogP) is 2.02. The number of rotatable bonds is 5. The van der Waals surface area contributed by atoms with Gasteiger partial charge in [0, 0.05) is 58.0 Å². The average Bonchev–Trinajstić information content (AvgIpc) is 2.88. The normalized spacial score (nSPS) is 23.3. The predicted molar refractivity (Wildman–Crippen MR) is 137 cm³/mol. The Labute approximate surface area is 222 Å². The number of carbonyl (C=O) groups is 3. The number of hydrogen-bond acceptors (Lipinski definition) is 7. The van der Waals surface area contributed by atoms with Gasteiger partial charge in [0.2, 0.25) is 11.8 Å². The molecule has 0 aliphatic carbocycles. The lowest BCUT2D eigenvalue weighted by atomic mass is 9.75. The van der Waals surface area contributed by atoms with Crippen molar-refractivity contribution in [3.05, 3.63) is 56.4 Å². The number of aromatic hydroxyl groups is 1. The van der Waals surface area contributed by atoms with Gasteiger partial charge in [-0.2, -0.15) is 0 Å². The lowest BCUT2D eigenvalue weighted by Crippen LogP contribution is -2.67. The molecule has 3 aliphatic rings. The standard InChI is InChI=1S/C26H29BrN4O6/c1-28-23(34)26(24(35)29(2)25(28)36,10-15-8-18(27)22(33)20(9-15)37-3)14-30-11-16-7-17(13-30)19-5-4-6-21(32)31(19)12-16/h4-6,8-9,16-17,33H,7,10-14H2,1-3H3/t16-,17+/m1/s1. The summed E-state index contributed by atoms with van der Waals surface area (Å²) in [5.41, 5.74) is 0.0122. The number of pyridine rings is 1. The van der Waals surface area contributed by atoms with Crippen LogP contribution in [0.4, 0.5) is 4.79 Å². The molecule has 1 aromatic carbocycles. The number of aromatic nitrogens is 1. The number of phenols is 1. The number of methoxy groups -OCH3 is 1. The van der Waals surface area contributed by atoms with E-state index in [2.05, 4.69) is 20.8 Å². The van der Waals surface area contributed by atoms with Gasteiger partial charge in [0.25, 0.3) is 5.56 Å². The summed E-state index contributed by atoms with van der Waals surface area (Å²) in [5.74, 6) is -0.678. The van der Waals surface area contributed by atoms with Gasteiger partial charge in [-0.3, -0.25) is 24.2 Å². The quantitative estimate of drug-likeness (QED) is 0.545. The first-order valence-corrected chi connectivity index (χ1v) is 12.9. The Kier molecular flexibility index (Phi) is 6.39. The number of fused-ring (bicyclic) bond motifs is 4. The zero-order valence-corrected chi connectivity index (χ0v) is 22.5. The van der Waals surface area contributed by atoms with Gasteiger partial charge in [0.05, 0.1) is 11.6 Å². The van der Waals surface area contributed by atoms with Crippen molar-refractivity contribution in [3.8, 4) is 11.5 Å². The van der Waals surface area contributed by atoms with Gasteiger partial charge in [-0.25, -0.2) is 4.79 Å². The van der Waals surface area contributed by atoms with Crippen LogP contribution in [0.15, 0.2) is 39.6 Å². The Morgan fingerprint density at radius 1 is 1.05 bits per heavy atom. The van der Waals surface area contributed by atoms with Crippen molar-refractivity contribution in [2.24, 2.45) is 11.3 Å². The van der Waals surface area contributed by atoms with E-state index in [4.69, 9.17) is 4.74 Å². The molecule has 10 nitrogen and oxygen atoms in total. The van der Waals surface area contributed by atoms with Crippen molar-refractivity contribution in [2.45, 2.75) is 25.3 Å². The molecule has 0 spiro atoms. The zero-order valence-electron chi connectivity index (χ0n) is 20.9. The summed E-state index contributed by atoms with van der Waals surface area (Å²) in [6.07, 6.45) is 0.957. The molecule has 37 heavy (non-hydrogen) atoms. The molecule has 3 aliphatic heterocycles. The average molecular weight is 573 g/mol. The number of ether oxygens (including phenoxy) is 1. The molecule has 2 saturated heterocycles. The van der Waals surface area contributed by atoms with E-state index in [1.807, 2.05) is 10.6 Å². The Balaban J connectivity index is 1.53. The minimum absolute atomic E-state index is 0.0108. The SMILES string of the molecule is COc1cc(CC2(CN3C[C@H]4C[C@@H](C3)c3cccc(=O)n3C4)C(=O)N(C)C(=O)N(C)C2=O)cc(Br)c1O. The number of amides is 4. The maximum atomic E-state index is 13.8. The van der Waals surface area contributed by atoms with Gasteiger partial charge in [-0.1, -0.05) is 6.07 Å². The van der Waals surface area contributed by atoms with Crippen molar-refractivity contribution in [1.29, 1.82) is 0 Å². The Morgan fingerprint density at radius 2 is 1.76 bits per heavy atom. The van der Waals surface area contributed by atoms with Crippen LogP contribution in [0.25, 0.3) is 0 Å². The molecule has 0 saturated carbocycles. The second kappa shape index (κ2) is 9.29. The van der Waals surface area contributed by atoms with Crippen LogP contribution in [0.3, 0.4) is 0 Å². The molecule has 196 valence electrons. The van der Waals surface area contributed by atoms with Gasteiger partial charge in [0.1, 0.15) is 5.41 Å². The van der Waals surface area contributed by atoms with E-state index >= 15 is 0 Å². The summed E-state index contributed by atoms with van der Waals surface area (Å²) >= 11 is 3.32. The third-order valence-corrected chi connectivity index (χ3v) is 8.47. The molecule has 4 heterocycles. The lowest BCUT2D eigenvalue weighted by molar-refractivity contribution is -0.159. The number of piperidine rings is 1.